The first-order valence-corrected chi connectivity index (χ1v) is 6.32. The van der Waals surface area contributed by atoms with Gasteiger partial charge in [-0.15, -0.1) is 0 Å². The number of ketones is 1. The van der Waals surface area contributed by atoms with E-state index in [1.807, 2.05) is 36.4 Å². The number of aromatic nitrogens is 1. The van der Waals surface area contributed by atoms with E-state index in [1.165, 1.54) is 11.8 Å². The zero-order valence-electron chi connectivity index (χ0n) is 9.46. The number of rotatable bonds is 1. The molecule has 2 aromatic rings. The fourth-order valence-corrected chi connectivity index (χ4v) is 2.89. The maximum atomic E-state index is 12.2. The maximum Gasteiger partial charge on any atom is 0.203 e. The van der Waals surface area contributed by atoms with Crippen molar-refractivity contribution >= 4 is 23.2 Å². The van der Waals surface area contributed by atoms with Crippen LogP contribution in [0.3, 0.4) is 0 Å². The first-order valence-electron chi connectivity index (χ1n) is 5.50. The third-order valence-corrected chi connectivity index (χ3v) is 3.92. The second-order valence-electron chi connectivity index (χ2n) is 3.89. The molecule has 18 heavy (non-hydrogen) atoms. The van der Waals surface area contributed by atoms with Gasteiger partial charge in [0.25, 0.3) is 0 Å². The predicted octanol–water partition coefficient (Wildman–Crippen LogP) is 2.70. The third kappa shape index (κ3) is 1.71. The van der Waals surface area contributed by atoms with Crippen LogP contribution in [0.15, 0.2) is 58.5 Å². The number of fused-ring (bicyclic) bond motifs is 1. The van der Waals surface area contributed by atoms with Gasteiger partial charge in [-0.3, -0.25) is 9.78 Å². The van der Waals surface area contributed by atoms with E-state index < -0.39 is 0 Å². The fourth-order valence-electron chi connectivity index (χ4n) is 1.84. The topological polar surface area (TPSA) is 56.0 Å². The van der Waals surface area contributed by atoms with Crippen molar-refractivity contribution in [1.29, 1.82) is 0 Å². The number of nitrogens with zero attached hydrogens (tertiary/aromatic N) is 1. The van der Waals surface area contributed by atoms with E-state index in [9.17, 15) is 4.79 Å². The number of carbonyl (C=O) groups excluding carboxylic acids is 1. The Kier molecular flexibility index (Phi) is 2.64. The molecule has 0 saturated carbocycles. The lowest BCUT2D eigenvalue weighted by Crippen LogP contribution is -2.06. The van der Waals surface area contributed by atoms with E-state index in [0.29, 0.717) is 16.3 Å². The van der Waals surface area contributed by atoms with E-state index in [-0.39, 0.29) is 5.78 Å². The van der Waals surface area contributed by atoms with Crippen LogP contribution in [0.2, 0.25) is 0 Å². The molecule has 1 aliphatic rings. The van der Waals surface area contributed by atoms with Crippen molar-refractivity contribution in [3.8, 4) is 0 Å². The van der Waals surface area contributed by atoms with Crippen LogP contribution >= 0.6 is 11.8 Å². The van der Waals surface area contributed by atoms with Gasteiger partial charge >= 0.3 is 0 Å². The summed E-state index contributed by atoms with van der Waals surface area (Å²) >= 11 is 1.41. The largest absolute Gasteiger partial charge is 0.396 e. The Hall–Kier alpha value is -2.07. The number of carbonyl (C=O) groups is 1. The molecular formula is C14H10N2OS. The molecule has 0 bridgehead atoms. The van der Waals surface area contributed by atoms with E-state index in [1.54, 1.807) is 12.3 Å². The molecule has 0 radical (unpaired) electrons. The smallest absolute Gasteiger partial charge is 0.203 e. The molecule has 0 amide bonds. The first kappa shape index (κ1) is 11.0. The minimum Gasteiger partial charge on any atom is -0.396 e. The zero-order valence-corrected chi connectivity index (χ0v) is 10.3. The van der Waals surface area contributed by atoms with Gasteiger partial charge in [-0.05, 0) is 24.3 Å². The van der Waals surface area contributed by atoms with Crippen LogP contribution in [0, 0.1) is 0 Å². The van der Waals surface area contributed by atoms with Crippen molar-refractivity contribution < 1.29 is 4.79 Å². The number of nitrogens with two attached hydrogens (primary N) is 1. The van der Waals surface area contributed by atoms with Crippen molar-refractivity contribution in [2.24, 2.45) is 5.73 Å². The van der Waals surface area contributed by atoms with Crippen LogP contribution in [0.5, 0.6) is 0 Å². The van der Waals surface area contributed by atoms with E-state index >= 15 is 0 Å². The Balaban J connectivity index is 2.09. The monoisotopic (exact) mass is 254 g/mol. The van der Waals surface area contributed by atoms with E-state index in [0.717, 1.165) is 10.5 Å². The SMILES string of the molecule is N/C(=C1/Sc2ccccc2C1=O)c1ccccn1. The fraction of sp³-hybridized carbons (Fsp3) is 0. The summed E-state index contributed by atoms with van der Waals surface area (Å²) in [6.45, 7) is 0. The summed E-state index contributed by atoms with van der Waals surface area (Å²) in [5.74, 6) is -0.0150. The third-order valence-electron chi connectivity index (χ3n) is 2.74. The molecule has 0 unspecified atom stereocenters. The first-order chi connectivity index (χ1) is 8.77. The molecule has 3 nitrogen and oxygen atoms in total. The molecule has 0 saturated heterocycles. The van der Waals surface area contributed by atoms with Crippen LogP contribution in [-0.2, 0) is 0 Å². The molecule has 0 aliphatic carbocycles. The van der Waals surface area contributed by atoms with Crippen molar-refractivity contribution in [2.75, 3.05) is 0 Å². The van der Waals surface area contributed by atoms with Crippen molar-refractivity contribution in [3.63, 3.8) is 0 Å². The summed E-state index contributed by atoms with van der Waals surface area (Å²) in [7, 11) is 0. The van der Waals surface area contributed by atoms with Gasteiger partial charge in [0.2, 0.25) is 5.78 Å². The minimum absolute atomic E-state index is 0.0150. The van der Waals surface area contributed by atoms with Crippen LogP contribution in [0.4, 0.5) is 0 Å². The normalized spacial score (nSPS) is 16.6. The molecular weight excluding hydrogens is 244 g/mol. The second-order valence-corrected chi connectivity index (χ2v) is 4.94. The summed E-state index contributed by atoms with van der Waals surface area (Å²) in [4.78, 5) is 17.9. The number of thioether (sulfide) groups is 1. The van der Waals surface area contributed by atoms with Crippen molar-refractivity contribution in [2.45, 2.75) is 4.90 Å². The number of benzene rings is 1. The molecule has 88 valence electrons. The molecule has 4 heteroatoms. The van der Waals surface area contributed by atoms with Gasteiger partial charge in [-0.1, -0.05) is 30.0 Å². The number of hydrogen-bond acceptors (Lipinski definition) is 4. The Morgan fingerprint density at radius 2 is 1.89 bits per heavy atom. The van der Waals surface area contributed by atoms with Gasteiger partial charge in [-0.25, -0.2) is 0 Å². The Bertz CT molecular complexity index is 650. The zero-order chi connectivity index (χ0) is 12.5. The summed E-state index contributed by atoms with van der Waals surface area (Å²) in [5, 5.41) is 0. The molecule has 1 aliphatic heterocycles. The van der Waals surface area contributed by atoms with Gasteiger partial charge < -0.3 is 5.73 Å². The van der Waals surface area contributed by atoms with Crippen molar-refractivity contribution in [1.82, 2.24) is 4.98 Å². The predicted molar refractivity (Wildman–Crippen MR) is 72.0 cm³/mol. The molecule has 0 spiro atoms. The molecule has 1 aromatic heterocycles. The van der Waals surface area contributed by atoms with Gasteiger partial charge in [-0.2, -0.15) is 0 Å². The molecule has 2 heterocycles. The second kappa shape index (κ2) is 4.31. The average Bonchev–Trinajstić information content (AvgIpc) is 2.77. The van der Waals surface area contributed by atoms with Gasteiger partial charge in [0.1, 0.15) is 0 Å². The highest BCUT2D eigenvalue weighted by Gasteiger charge is 2.28. The van der Waals surface area contributed by atoms with E-state index in [4.69, 9.17) is 5.73 Å². The Morgan fingerprint density at radius 1 is 1.11 bits per heavy atom. The summed E-state index contributed by atoms with van der Waals surface area (Å²) < 4.78 is 0. The standard InChI is InChI=1S/C14H10N2OS/c15-12(10-6-3-4-8-16-10)14-13(17)9-5-1-2-7-11(9)18-14/h1-8H,15H2/b14-12+. The molecule has 0 fully saturated rings. The van der Waals surface area contributed by atoms with E-state index in [2.05, 4.69) is 4.98 Å². The van der Waals surface area contributed by atoms with Gasteiger partial charge in [0, 0.05) is 16.7 Å². The van der Waals surface area contributed by atoms with Crippen LogP contribution in [0.25, 0.3) is 5.70 Å². The Morgan fingerprint density at radius 3 is 2.61 bits per heavy atom. The summed E-state index contributed by atoms with van der Waals surface area (Å²) in [5.41, 5.74) is 7.85. The van der Waals surface area contributed by atoms with Crippen LogP contribution in [-0.4, -0.2) is 10.8 Å². The summed E-state index contributed by atoms with van der Waals surface area (Å²) in [6, 6.07) is 13.0. The van der Waals surface area contributed by atoms with Crippen LogP contribution in [0.1, 0.15) is 16.1 Å². The lowest BCUT2D eigenvalue weighted by atomic mass is 10.1. The van der Waals surface area contributed by atoms with Crippen molar-refractivity contribution in [3.05, 3.63) is 64.8 Å². The average molecular weight is 254 g/mol. The Labute approximate surface area is 109 Å². The highest BCUT2D eigenvalue weighted by Crippen LogP contribution is 2.41. The molecule has 0 atom stereocenters. The number of Topliss-reactive ketones (excluding diaryl/α,β-unsaturated/α-hetero) is 1. The summed E-state index contributed by atoms with van der Waals surface area (Å²) in [6.07, 6.45) is 1.67. The van der Waals surface area contributed by atoms with Gasteiger partial charge in [0.15, 0.2) is 0 Å². The molecule has 3 rings (SSSR count). The van der Waals surface area contributed by atoms with Crippen LogP contribution < -0.4 is 5.73 Å². The molecule has 1 aromatic carbocycles. The number of allylic oxidation sites excluding steroid dienone is 1. The highest BCUT2D eigenvalue weighted by atomic mass is 32.2. The number of pyridine rings is 1. The quantitative estimate of drug-likeness (QED) is 0.795. The molecule has 2 N–H and O–H groups in total. The van der Waals surface area contributed by atoms with Gasteiger partial charge in [0.05, 0.1) is 16.3 Å². The minimum atomic E-state index is -0.0150. The highest BCUT2D eigenvalue weighted by molar-refractivity contribution is 8.05. The number of hydrogen-bond donors (Lipinski definition) is 1. The maximum absolute atomic E-state index is 12.2. The lowest BCUT2D eigenvalue weighted by Gasteiger charge is -2.02. The lowest BCUT2D eigenvalue weighted by molar-refractivity contribution is 0.104.